The molecule has 2 rings (SSSR count). The molecule has 11 nitrogen and oxygen atoms in total. The maximum atomic E-state index is 13.2. The fraction of sp³-hybridized carbons (Fsp3) is 0.353. The third-order valence-corrected chi connectivity index (χ3v) is 11.4. The summed E-state index contributed by atoms with van der Waals surface area (Å²) in [4.78, 5) is 24.6. The van der Waals surface area contributed by atoms with E-state index in [0.717, 1.165) is 0 Å². The van der Waals surface area contributed by atoms with Crippen LogP contribution in [0.4, 0.5) is 0 Å². The number of ether oxygens (including phenoxy) is 3. The normalized spacial score (nSPS) is 11.5. The Hall–Kier alpha value is -4.92. The Morgan fingerprint density at radius 3 is 1.28 bits per heavy atom. The van der Waals surface area contributed by atoms with Crippen molar-refractivity contribution in [3.63, 3.8) is 0 Å². The zero-order chi connectivity index (χ0) is 36.1. The molecule has 0 saturated carbocycles. The number of hydrogen-bond donors (Lipinski definition) is 2. The number of terminal acetylenes is 4. The quantitative estimate of drug-likeness (QED) is 0.147. The summed E-state index contributed by atoms with van der Waals surface area (Å²) in [7, 11) is -5.54. The molecule has 2 aromatic carbocycles. The van der Waals surface area contributed by atoms with Crippen LogP contribution in [-0.2, 0) is 34.0 Å². The maximum absolute atomic E-state index is 13.2. The number of hydroxylamine groups is 1. The first-order chi connectivity index (χ1) is 21.9. The van der Waals surface area contributed by atoms with Gasteiger partial charge in [0.1, 0.15) is 17.1 Å². The van der Waals surface area contributed by atoms with Gasteiger partial charge in [-0.15, -0.1) is 49.4 Å². The molecule has 0 heterocycles. The third kappa shape index (κ3) is 8.87. The van der Waals surface area contributed by atoms with E-state index in [1.165, 1.54) is 68.2 Å². The molecule has 0 saturated heterocycles. The number of carbonyl (C=O) groups excluding carboxylic acids is 2. The predicted molar refractivity (Wildman–Crippen MR) is 175 cm³/mol. The van der Waals surface area contributed by atoms with Crippen molar-refractivity contribution < 1.29 is 45.8 Å². The molecule has 0 spiro atoms. The van der Waals surface area contributed by atoms with Crippen molar-refractivity contribution in [2.75, 3.05) is 14.2 Å². The average molecular weight is 684 g/mol. The van der Waals surface area contributed by atoms with E-state index in [1.807, 2.05) is 0 Å². The van der Waals surface area contributed by atoms with Gasteiger partial charge in [0, 0.05) is 25.7 Å². The van der Waals surface area contributed by atoms with E-state index >= 15 is 0 Å². The Kier molecular flexibility index (Phi) is 14.2. The molecule has 2 N–H and O–H groups in total. The molecule has 0 bridgehead atoms. The maximum Gasteiger partial charge on any atom is 0.330 e. The SMILES string of the molecule is C#CCC(CC#C)(C(=O)NO)S(=O)(=O)c1ccc(OC)cc1.C#CCC(CC#C)(C(=O)OC(C)(C)C)S(=O)(=O)c1ccc(OC)cc1. The molecule has 250 valence electrons. The van der Waals surface area contributed by atoms with E-state index in [0.29, 0.717) is 11.5 Å². The molecule has 0 aliphatic heterocycles. The lowest BCUT2D eigenvalue weighted by Gasteiger charge is -2.31. The largest absolute Gasteiger partial charge is 0.497 e. The van der Waals surface area contributed by atoms with Gasteiger partial charge in [0.05, 0.1) is 24.0 Å². The number of sulfone groups is 2. The summed E-state index contributed by atoms with van der Waals surface area (Å²) in [6, 6.07) is 11.1. The Balaban J connectivity index is 0.000000474. The highest BCUT2D eigenvalue weighted by Gasteiger charge is 2.53. The fourth-order valence-electron chi connectivity index (χ4n) is 4.14. The smallest absolute Gasteiger partial charge is 0.330 e. The van der Waals surface area contributed by atoms with Crippen LogP contribution in [0.2, 0.25) is 0 Å². The van der Waals surface area contributed by atoms with Crippen molar-refractivity contribution in [2.24, 2.45) is 0 Å². The van der Waals surface area contributed by atoms with Crippen LogP contribution in [-0.4, -0.2) is 63.2 Å². The summed E-state index contributed by atoms with van der Waals surface area (Å²) < 4.78 is 63.2. The lowest BCUT2D eigenvalue weighted by atomic mass is 10.0. The van der Waals surface area contributed by atoms with Crippen LogP contribution in [0.1, 0.15) is 46.5 Å². The highest BCUT2D eigenvalue weighted by atomic mass is 32.2. The van der Waals surface area contributed by atoms with E-state index in [9.17, 15) is 26.4 Å². The van der Waals surface area contributed by atoms with E-state index in [-0.39, 0.29) is 22.6 Å². The van der Waals surface area contributed by atoms with Gasteiger partial charge >= 0.3 is 5.97 Å². The second kappa shape index (κ2) is 16.6. The van der Waals surface area contributed by atoms with E-state index in [2.05, 4.69) is 23.7 Å². The van der Waals surface area contributed by atoms with Gasteiger partial charge in [-0.05, 0) is 69.3 Å². The molecule has 0 fully saturated rings. The van der Waals surface area contributed by atoms with E-state index in [1.54, 1.807) is 20.8 Å². The number of carbonyl (C=O) groups is 2. The van der Waals surface area contributed by atoms with Crippen LogP contribution in [0.15, 0.2) is 58.3 Å². The van der Waals surface area contributed by atoms with Gasteiger partial charge in [0.2, 0.25) is 0 Å². The Morgan fingerprint density at radius 2 is 1.00 bits per heavy atom. The van der Waals surface area contributed by atoms with Gasteiger partial charge in [0.15, 0.2) is 29.2 Å². The lowest BCUT2D eigenvalue weighted by Crippen LogP contribution is -2.51. The minimum absolute atomic E-state index is 0.0790. The summed E-state index contributed by atoms with van der Waals surface area (Å²) in [6.07, 6.45) is 19.4. The van der Waals surface area contributed by atoms with Crippen LogP contribution in [0.3, 0.4) is 0 Å². The van der Waals surface area contributed by atoms with Crippen molar-refractivity contribution in [1.82, 2.24) is 5.48 Å². The predicted octanol–water partition coefficient (Wildman–Crippen LogP) is 3.36. The van der Waals surface area contributed by atoms with Crippen molar-refractivity contribution in [2.45, 2.75) is 71.3 Å². The van der Waals surface area contributed by atoms with Gasteiger partial charge in [-0.25, -0.2) is 22.3 Å². The lowest BCUT2D eigenvalue weighted by molar-refractivity contribution is -0.158. The van der Waals surface area contributed by atoms with E-state index in [4.69, 9.17) is 45.1 Å². The van der Waals surface area contributed by atoms with Crippen LogP contribution in [0.25, 0.3) is 0 Å². The standard InChI is InChI=1S/C19H22O5S.C15H15NO5S/c1-7-13-19(14-8-2,17(20)24-18(3,4)5)25(21,22)16-11-9-15(23-6)10-12-16;1-4-10-15(11-5-2,14(17)16-18)22(19,20)13-8-6-12(21-3)7-9-13/h1-2,9-12H,13-14H2,3-6H3;1-2,6-9,18H,10-11H2,3H3,(H,16,17). The monoisotopic (exact) mass is 683 g/mol. The van der Waals surface area contributed by atoms with Gasteiger partial charge in [-0.1, -0.05) is 0 Å². The topological polar surface area (TPSA) is 162 Å². The molecule has 47 heavy (non-hydrogen) atoms. The molecular formula is C34H37NO10S2. The highest BCUT2D eigenvalue weighted by Crippen LogP contribution is 2.36. The van der Waals surface area contributed by atoms with Gasteiger partial charge in [0.25, 0.3) is 5.91 Å². The third-order valence-electron chi connectivity index (χ3n) is 6.61. The Labute approximate surface area is 277 Å². The number of esters is 1. The van der Waals surface area contributed by atoms with Crippen molar-refractivity contribution in [1.29, 1.82) is 0 Å². The first-order valence-corrected chi connectivity index (χ1v) is 16.6. The molecule has 1 amide bonds. The van der Waals surface area contributed by atoms with Crippen LogP contribution >= 0.6 is 0 Å². The van der Waals surface area contributed by atoms with Crippen LogP contribution < -0.4 is 15.0 Å². The molecule has 0 aromatic heterocycles. The van der Waals surface area contributed by atoms with Crippen molar-refractivity contribution in [3.05, 3.63) is 48.5 Å². The molecule has 13 heteroatoms. The summed E-state index contributed by atoms with van der Waals surface area (Å²) in [6.45, 7) is 4.92. The highest BCUT2D eigenvalue weighted by molar-refractivity contribution is 7.94. The first kappa shape index (κ1) is 40.1. The number of benzene rings is 2. The summed E-state index contributed by atoms with van der Waals surface area (Å²) in [5.74, 6) is 7.60. The zero-order valence-corrected chi connectivity index (χ0v) is 28.3. The Bertz CT molecular complexity index is 1760. The molecular weight excluding hydrogens is 647 g/mol. The zero-order valence-electron chi connectivity index (χ0n) is 26.7. The van der Waals surface area contributed by atoms with Gasteiger partial charge in [-0.3, -0.25) is 14.8 Å². The number of nitrogens with one attached hydrogen (secondary N) is 1. The molecule has 0 atom stereocenters. The molecule has 0 aliphatic carbocycles. The van der Waals surface area contributed by atoms with Gasteiger partial charge in [-0.2, -0.15) is 0 Å². The minimum atomic E-state index is -4.24. The first-order valence-electron chi connectivity index (χ1n) is 13.6. The minimum Gasteiger partial charge on any atom is -0.497 e. The molecule has 2 aromatic rings. The van der Waals surface area contributed by atoms with E-state index < -0.39 is 59.5 Å². The molecule has 0 unspecified atom stereocenters. The van der Waals surface area contributed by atoms with Gasteiger partial charge < -0.3 is 14.2 Å². The van der Waals surface area contributed by atoms with Crippen LogP contribution in [0.5, 0.6) is 11.5 Å². The molecule has 0 aliphatic rings. The van der Waals surface area contributed by atoms with Crippen LogP contribution in [0, 0.1) is 49.4 Å². The molecule has 0 radical (unpaired) electrons. The Morgan fingerprint density at radius 1 is 0.681 bits per heavy atom. The van der Waals surface area contributed by atoms with Crippen molar-refractivity contribution in [3.8, 4) is 60.9 Å². The average Bonchev–Trinajstić information content (AvgIpc) is 3.03. The number of rotatable bonds is 12. The van der Waals surface area contributed by atoms with Crippen molar-refractivity contribution >= 4 is 31.6 Å². The number of amides is 1. The summed E-state index contributed by atoms with van der Waals surface area (Å²) >= 11 is 0. The summed E-state index contributed by atoms with van der Waals surface area (Å²) in [5, 5.41) is 8.89. The number of hydrogen-bond acceptors (Lipinski definition) is 10. The number of methoxy groups -OCH3 is 2. The second-order valence-corrected chi connectivity index (χ2v) is 15.3. The summed E-state index contributed by atoms with van der Waals surface area (Å²) in [5.41, 5.74) is 0.452. The fourth-order valence-corrected chi connectivity index (χ4v) is 7.67. The second-order valence-electron chi connectivity index (χ2n) is 10.8.